The summed E-state index contributed by atoms with van der Waals surface area (Å²) in [5, 5.41) is 14.5. The monoisotopic (exact) mass is 603 g/mol. The number of carboxylic acid groups (broad SMARTS) is 1. The second kappa shape index (κ2) is 16.5. The summed E-state index contributed by atoms with van der Waals surface area (Å²) in [6.07, 6.45) is 4.04. The normalized spacial score (nSPS) is 12.6. The number of unbranched alkanes of at least 4 members (excludes halogenated alkanes) is 3. The van der Waals surface area contributed by atoms with Crippen molar-refractivity contribution >= 4 is 46.2 Å². The number of carbonyl (C=O) groups excluding carboxylic acids is 3. The molecule has 0 fully saturated rings. The van der Waals surface area contributed by atoms with Gasteiger partial charge in [-0.1, -0.05) is 33.1 Å². The van der Waals surface area contributed by atoms with Crippen molar-refractivity contribution in [2.45, 2.75) is 70.9 Å². The van der Waals surface area contributed by atoms with Crippen molar-refractivity contribution in [3.05, 3.63) is 27.3 Å². The number of ketones is 1. The van der Waals surface area contributed by atoms with Gasteiger partial charge >= 0.3 is 5.97 Å². The Bertz CT molecular complexity index is 864. The minimum atomic E-state index is -1.18. The number of methoxy groups -OCH3 is 1. The van der Waals surface area contributed by atoms with E-state index in [9.17, 15) is 24.3 Å². The number of nitrogens with one attached hydrogen (secondary N) is 2. The highest BCUT2D eigenvalue weighted by molar-refractivity contribution is 14.1. The summed E-state index contributed by atoms with van der Waals surface area (Å²) in [4.78, 5) is 51.4. The van der Waals surface area contributed by atoms with Crippen molar-refractivity contribution in [2.75, 3.05) is 27.2 Å². The Morgan fingerprint density at radius 3 is 2.40 bits per heavy atom. The topological polar surface area (TPSA) is 125 Å². The van der Waals surface area contributed by atoms with E-state index in [1.54, 1.807) is 20.0 Å². The van der Waals surface area contributed by atoms with Gasteiger partial charge in [0, 0.05) is 9.13 Å². The number of carboxylic acids is 1. The maximum Gasteiger partial charge on any atom is 0.305 e. The van der Waals surface area contributed by atoms with Crippen molar-refractivity contribution in [1.29, 1.82) is 0 Å². The van der Waals surface area contributed by atoms with E-state index in [2.05, 4.69) is 40.1 Å². The highest BCUT2D eigenvalue weighted by atomic mass is 127. The summed E-state index contributed by atoms with van der Waals surface area (Å²) in [5.74, 6) is -1.94. The van der Waals surface area contributed by atoms with E-state index in [1.165, 1.54) is 7.11 Å². The van der Waals surface area contributed by atoms with Gasteiger partial charge < -0.3 is 20.5 Å². The van der Waals surface area contributed by atoms with Crippen LogP contribution in [0.15, 0.2) is 18.2 Å². The van der Waals surface area contributed by atoms with Gasteiger partial charge in [-0.3, -0.25) is 24.1 Å². The maximum atomic E-state index is 12.9. The number of Topliss-reactive ketones (excluding diaryl/α,β-unsaturated/α-hetero) is 1. The minimum Gasteiger partial charge on any atom is -0.496 e. The summed E-state index contributed by atoms with van der Waals surface area (Å²) in [6.45, 7) is 4.61. The lowest BCUT2D eigenvalue weighted by molar-refractivity contribution is -0.140. The third-order valence-electron chi connectivity index (χ3n) is 5.56. The van der Waals surface area contributed by atoms with Crippen molar-refractivity contribution in [3.63, 3.8) is 0 Å². The Balaban J connectivity index is 2.76. The van der Waals surface area contributed by atoms with Crippen LogP contribution in [0, 0.1) is 3.57 Å². The standard InChI is InChI=1S/C25H38IN3O6/c1-5-7-8-9-12-29(3)16-21(30)20(15-24(32)33)28-25(34)19(6-2)27-23(31)14-17-13-18(26)10-11-22(17)35-4/h10-11,13,19-20H,5-9,12,14-16H2,1-4H3,(H,27,31)(H,28,34)(H,32,33)/t19-,20-/m0/s1. The smallest absolute Gasteiger partial charge is 0.305 e. The van der Waals surface area contributed by atoms with E-state index in [0.717, 1.165) is 35.8 Å². The number of carbonyl (C=O) groups is 4. The molecular weight excluding hydrogens is 565 g/mol. The third-order valence-corrected chi connectivity index (χ3v) is 6.23. The van der Waals surface area contributed by atoms with Crippen molar-refractivity contribution < 1.29 is 29.0 Å². The molecule has 0 unspecified atom stereocenters. The molecule has 1 rings (SSSR count). The first-order valence-electron chi connectivity index (χ1n) is 12.0. The largest absolute Gasteiger partial charge is 0.496 e. The molecular formula is C25H38IN3O6. The molecule has 0 bridgehead atoms. The fraction of sp³-hybridized carbons (Fsp3) is 0.600. The zero-order chi connectivity index (χ0) is 26.4. The predicted molar refractivity (Wildman–Crippen MR) is 142 cm³/mol. The van der Waals surface area contributed by atoms with E-state index in [1.807, 2.05) is 17.0 Å². The van der Waals surface area contributed by atoms with E-state index >= 15 is 0 Å². The Hall–Kier alpha value is -2.21. The van der Waals surface area contributed by atoms with Crippen molar-refractivity contribution in [1.82, 2.24) is 15.5 Å². The maximum absolute atomic E-state index is 12.9. The number of likely N-dealkylation sites (N-methyl/N-ethyl adjacent to an activating group) is 1. The van der Waals surface area contributed by atoms with Gasteiger partial charge in [-0.25, -0.2) is 0 Å². The molecule has 3 N–H and O–H groups in total. The fourth-order valence-corrected chi connectivity index (χ4v) is 4.17. The van der Waals surface area contributed by atoms with E-state index in [4.69, 9.17) is 4.74 Å². The first kappa shape index (κ1) is 30.8. The summed E-state index contributed by atoms with van der Waals surface area (Å²) >= 11 is 2.14. The molecule has 9 nitrogen and oxygen atoms in total. The molecule has 0 spiro atoms. The molecule has 1 aromatic rings. The molecule has 196 valence electrons. The highest BCUT2D eigenvalue weighted by Gasteiger charge is 2.28. The number of aliphatic carboxylic acids is 1. The Kier molecular flexibility index (Phi) is 14.5. The second-order valence-corrected chi connectivity index (χ2v) is 9.83. The van der Waals surface area contributed by atoms with Gasteiger partial charge in [0.15, 0.2) is 5.78 Å². The molecule has 2 amide bonds. The van der Waals surface area contributed by atoms with E-state index in [-0.39, 0.29) is 31.1 Å². The summed E-state index contributed by atoms with van der Waals surface area (Å²) in [5.41, 5.74) is 0.688. The van der Waals surface area contributed by atoms with Crippen LogP contribution >= 0.6 is 22.6 Å². The van der Waals surface area contributed by atoms with Gasteiger partial charge in [-0.2, -0.15) is 0 Å². The SMILES string of the molecule is CCCCCCN(C)CC(=O)[C@H](CC(=O)O)NC(=O)[C@H](CC)NC(=O)Cc1cc(I)ccc1OC. The number of hydrogen-bond acceptors (Lipinski definition) is 6. The van der Waals surface area contributed by atoms with Gasteiger partial charge in [0.05, 0.1) is 32.5 Å². The number of rotatable bonds is 17. The molecule has 0 radical (unpaired) electrons. The Labute approximate surface area is 221 Å². The number of amides is 2. The highest BCUT2D eigenvalue weighted by Crippen LogP contribution is 2.21. The van der Waals surface area contributed by atoms with Crippen LogP contribution < -0.4 is 15.4 Å². The van der Waals surface area contributed by atoms with Crippen LogP contribution in [0.4, 0.5) is 0 Å². The van der Waals surface area contributed by atoms with Gasteiger partial charge in [0.1, 0.15) is 11.8 Å². The summed E-state index contributed by atoms with van der Waals surface area (Å²) in [6, 6.07) is 3.41. The van der Waals surface area contributed by atoms with Crippen molar-refractivity contribution in [2.24, 2.45) is 0 Å². The van der Waals surface area contributed by atoms with Crippen LogP contribution in [-0.2, 0) is 25.6 Å². The number of halogens is 1. The average Bonchev–Trinajstić information content (AvgIpc) is 2.79. The molecule has 0 saturated carbocycles. The molecule has 0 aliphatic carbocycles. The second-order valence-electron chi connectivity index (χ2n) is 8.59. The molecule has 2 atom stereocenters. The third kappa shape index (κ3) is 11.9. The van der Waals surface area contributed by atoms with Crippen LogP contribution in [0.5, 0.6) is 5.75 Å². The lowest BCUT2D eigenvalue weighted by Gasteiger charge is -2.23. The first-order chi connectivity index (χ1) is 16.6. The number of benzene rings is 1. The molecule has 35 heavy (non-hydrogen) atoms. The number of nitrogens with zero attached hydrogens (tertiary/aromatic N) is 1. The summed E-state index contributed by atoms with van der Waals surface area (Å²) in [7, 11) is 3.33. The molecule has 0 aliphatic heterocycles. The minimum absolute atomic E-state index is 0.0180. The zero-order valence-corrected chi connectivity index (χ0v) is 23.2. The van der Waals surface area contributed by atoms with Crippen molar-refractivity contribution in [3.8, 4) is 5.75 Å². The van der Waals surface area contributed by atoms with Crippen LogP contribution in [0.2, 0.25) is 0 Å². The lowest BCUT2D eigenvalue weighted by Crippen LogP contribution is -2.53. The predicted octanol–water partition coefficient (Wildman–Crippen LogP) is 2.78. The average molecular weight is 603 g/mol. The van der Waals surface area contributed by atoms with Gasteiger partial charge in [-0.15, -0.1) is 0 Å². The Morgan fingerprint density at radius 1 is 1.09 bits per heavy atom. The van der Waals surface area contributed by atoms with Crippen LogP contribution in [-0.4, -0.2) is 72.9 Å². The van der Waals surface area contributed by atoms with Crippen LogP contribution in [0.1, 0.15) is 57.9 Å². The number of hydrogen-bond donors (Lipinski definition) is 3. The quantitative estimate of drug-likeness (QED) is 0.185. The molecule has 0 saturated heterocycles. The van der Waals surface area contributed by atoms with Gasteiger partial charge in [0.2, 0.25) is 11.8 Å². The van der Waals surface area contributed by atoms with Crippen LogP contribution in [0.3, 0.4) is 0 Å². The fourth-order valence-electron chi connectivity index (χ4n) is 3.61. The zero-order valence-electron chi connectivity index (χ0n) is 21.1. The molecule has 0 heterocycles. The molecule has 0 aromatic heterocycles. The molecule has 0 aliphatic rings. The van der Waals surface area contributed by atoms with Gasteiger partial charge in [0.25, 0.3) is 0 Å². The Morgan fingerprint density at radius 2 is 1.80 bits per heavy atom. The van der Waals surface area contributed by atoms with E-state index < -0.39 is 30.4 Å². The molecule has 1 aromatic carbocycles. The number of ether oxygens (including phenoxy) is 1. The molecule has 10 heteroatoms. The van der Waals surface area contributed by atoms with Gasteiger partial charge in [-0.05, 0) is 67.2 Å². The summed E-state index contributed by atoms with van der Waals surface area (Å²) < 4.78 is 6.25. The van der Waals surface area contributed by atoms with E-state index in [0.29, 0.717) is 11.3 Å². The first-order valence-corrected chi connectivity index (χ1v) is 13.0. The lowest BCUT2D eigenvalue weighted by atomic mass is 10.1. The van der Waals surface area contributed by atoms with Crippen LogP contribution in [0.25, 0.3) is 0 Å².